The van der Waals surface area contributed by atoms with Crippen LogP contribution in [-0.2, 0) is 4.79 Å². The van der Waals surface area contributed by atoms with Gasteiger partial charge < -0.3 is 18.9 Å². The predicted molar refractivity (Wildman–Crippen MR) is 78.2 cm³/mol. The third-order valence-corrected chi connectivity index (χ3v) is 3.04. The molecule has 0 amide bonds. The highest BCUT2D eigenvalue weighted by molar-refractivity contribution is 5.80. The number of rotatable bonds is 6. The number of benzene rings is 2. The minimum Gasteiger partial charge on any atom is -0.493 e. The largest absolute Gasteiger partial charge is 0.493 e. The highest BCUT2D eigenvalue weighted by atomic mass is 16.6. The molecule has 0 aliphatic carbocycles. The highest BCUT2D eigenvalue weighted by Gasteiger charge is 2.22. The van der Waals surface area contributed by atoms with Gasteiger partial charge in [-0.2, -0.15) is 0 Å². The summed E-state index contributed by atoms with van der Waals surface area (Å²) in [5.74, 6) is 1.46. The Morgan fingerprint density at radius 3 is 2.05 bits per heavy atom. The van der Waals surface area contributed by atoms with Crippen LogP contribution in [0.4, 0.5) is 0 Å². The summed E-state index contributed by atoms with van der Waals surface area (Å²) >= 11 is 0. The molecule has 2 rings (SSSR count). The summed E-state index contributed by atoms with van der Waals surface area (Å²) in [6.07, 6.45) is 0. The fraction of sp³-hybridized carbons (Fsp3) is 0.188. The number of carbonyl (C=O) groups excluding carboxylic acids is 1. The summed E-state index contributed by atoms with van der Waals surface area (Å²) in [5.41, 5.74) is 1.55. The molecular weight excluding hydrogens is 272 g/mol. The third kappa shape index (κ3) is 2.76. The molecule has 0 fully saturated rings. The highest BCUT2D eigenvalue weighted by Crippen LogP contribution is 2.49. The first-order valence-corrected chi connectivity index (χ1v) is 6.25. The number of hydrogen-bond acceptors (Lipinski definition) is 5. The van der Waals surface area contributed by atoms with Crippen molar-refractivity contribution in [1.82, 2.24) is 0 Å². The van der Waals surface area contributed by atoms with Crippen molar-refractivity contribution in [2.24, 2.45) is 0 Å². The van der Waals surface area contributed by atoms with Crippen LogP contribution < -0.4 is 18.9 Å². The van der Waals surface area contributed by atoms with Gasteiger partial charge in [-0.15, -0.1) is 0 Å². The maximum Gasteiger partial charge on any atom is 0.298 e. The average Bonchev–Trinajstić information content (AvgIpc) is 2.55. The van der Waals surface area contributed by atoms with Crippen molar-refractivity contribution in [1.29, 1.82) is 0 Å². The SMILES string of the molecule is COc1cc(-c2ccccc2)c(OC=O)c(OC)c1OC. The first-order valence-electron chi connectivity index (χ1n) is 6.25. The van der Waals surface area contributed by atoms with Gasteiger partial charge in [0.05, 0.1) is 21.3 Å². The zero-order chi connectivity index (χ0) is 15.2. The lowest BCUT2D eigenvalue weighted by atomic mass is 10.0. The molecule has 0 atom stereocenters. The molecule has 0 heterocycles. The fourth-order valence-electron chi connectivity index (χ4n) is 2.13. The molecule has 0 saturated carbocycles. The van der Waals surface area contributed by atoms with Gasteiger partial charge >= 0.3 is 0 Å². The van der Waals surface area contributed by atoms with Gasteiger partial charge in [0.2, 0.25) is 11.5 Å². The summed E-state index contributed by atoms with van der Waals surface area (Å²) in [6, 6.07) is 11.2. The van der Waals surface area contributed by atoms with E-state index in [0.717, 1.165) is 5.56 Å². The van der Waals surface area contributed by atoms with E-state index in [9.17, 15) is 4.79 Å². The molecule has 0 spiro atoms. The van der Waals surface area contributed by atoms with Crippen molar-refractivity contribution in [2.75, 3.05) is 21.3 Å². The summed E-state index contributed by atoms with van der Waals surface area (Å²) in [6.45, 7) is 0.357. The van der Waals surface area contributed by atoms with E-state index in [1.165, 1.54) is 21.3 Å². The van der Waals surface area contributed by atoms with Crippen molar-refractivity contribution < 1.29 is 23.7 Å². The van der Waals surface area contributed by atoms with Gasteiger partial charge in [0, 0.05) is 5.56 Å². The van der Waals surface area contributed by atoms with E-state index < -0.39 is 0 Å². The van der Waals surface area contributed by atoms with Gasteiger partial charge in [-0.3, -0.25) is 4.79 Å². The van der Waals surface area contributed by atoms with Crippen molar-refractivity contribution in [2.45, 2.75) is 0 Å². The van der Waals surface area contributed by atoms with E-state index in [4.69, 9.17) is 18.9 Å². The fourth-order valence-corrected chi connectivity index (χ4v) is 2.13. The first kappa shape index (κ1) is 14.7. The summed E-state index contributed by atoms with van der Waals surface area (Å²) in [4.78, 5) is 10.8. The molecule has 0 N–H and O–H groups in total. The van der Waals surface area contributed by atoms with Gasteiger partial charge in [-0.05, 0) is 11.6 Å². The van der Waals surface area contributed by atoms with Crippen molar-refractivity contribution in [3.8, 4) is 34.1 Å². The molecule has 0 aliphatic heterocycles. The summed E-state index contributed by atoms with van der Waals surface area (Å²) in [5, 5.41) is 0. The van der Waals surface area contributed by atoms with Crippen LogP contribution in [0.25, 0.3) is 11.1 Å². The second-order valence-corrected chi connectivity index (χ2v) is 4.10. The van der Waals surface area contributed by atoms with Crippen LogP contribution in [0, 0.1) is 0 Å². The minimum atomic E-state index is 0.288. The lowest BCUT2D eigenvalue weighted by Crippen LogP contribution is -2.01. The number of hydrogen-bond donors (Lipinski definition) is 0. The van der Waals surface area contributed by atoms with Gasteiger partial charge in [-0.25, -0.2) is 0 Å². The average molecular weight is 288 g/mol. The van der Waals surface area contributed by atoms with Crippen molar-refractivity contribution in [3.05, 3.63) is 36.4 Å². The molecule has 21 heavy (non-hydrogen) atoms. The van der Waals surface area contributed by atoms with Gasteiger partial charge in [0.15, 0.2) is 11.5 Å². The maximum atomic E-state index is 10.8. The normalized spacial score (nSPS) is 9.86. The smallest absolute Gasteiger partial charge is 0.298 e. The van der Waals surface area contributed by atoms with Crippen molar-refractivity contribution in [3.63, 3.8) is 0 Å². The Balaban J connectivity index is 2.76. The Kier molecular flexibility index (Phi) is 4.66. The molecule has 0 aliphatic rings. The van der Waals surface area contributed by atoms with Gasteiger partial charge in [-0.1, -0.05) is 30.3 Å². The maximum absolute atomic E-state index is 10.8. The number of ether oxygens (including phenoxy) is 4. The summed E-state index contributed by atoms with van der Waals surface area (Å²) < 4.78 is 21.1. The molecule has 0 radical (unpaired) electrons. The third-order valence-electron chi connectivity index (χ3n) is 3.04. The lowest BCUT2D eigenvalue weighted by molar-refractivity contribution is -0.120. The van der Waals surface area contributed by atoms with Crippen LogP contribution in [0.2, 0.25) is 0 Å². The Hall–Kier alpha value is -2.69. The van der Waals surface area contributed by atoms with E-state index in [1.807, 2.05) is 30.3 Å². The Morgan fingerprint density at radius 1 is 0.857 bits per heavy atom. The monoisotopic (exact) mass is 288 g/mol. The van der Waals surface area contributed by atoms with E-state index in [-0.39, 0.29) is 5.75 Å². The Morgan fingerprint density at radius 2 is 1.52 bits per heavy atom. The minimum absolute atomic E-state index is 0.288. The van der Waals surface area contributed by atoms with Crippen LogP contribution in [0.5, 0.6) is 23.0 Å². The molecule has 2 aromatic carbocycles. The zero-order valence-corrected chi connectivity index (χ0v) is 12.1. The Labute approximate surface area is 123 Å². The second kappa shape index (κ2) is 6.65. The molecule has 0 bridgehead atoms. The molecule has 5 nitrogen and oxygen atoms in total. The summed E-state index contributed by atoms with van der Waals surface area (Å²) in [7, 11) is 4.50. The molecule has 2 aromatic rings. The zero-order valence-electron chi connectivity index (χ0n) is 12.1. The van der Waals surface area contributed by atoms with Crippen LogP contribution in [0.1, 0.15) is 0 Å². The molecule has 0 unspecified atom stereocenters. The van der Waals surface area contributed by atoms with E-state index >= 15 is 0 Å². The molecule has 0 aromatic heterocycles. The number of methoxy groups -OCH3 is 3. The first-order chi connectivity index (χ1) is 10.3. The second-order valence-electron chi connectivity index (χ2n) is 4.10. The van der Waals surface area contributed by atoms with Crippen LogP contribution in [-0.4, -0.2) is 27.8 Å². The standard InChI is InChI=1S/C16H16O5/c1-18-13-9-12(11-7-5-4-6-8-11)14(21-10-17)16(20-3)15(13)19-2/h4-10H,1-3H3. The molecule has 5 heteroatoms. The van der Waals surface area contributed by atoms with Crippen LogP contribution in [0.15, 0.2) is 36.4 Å². The van der Waals surface area contributed by atoms with E-state index in [2.05, 4.69) is 0 Å². The number of carbonyl (C=O) groups is 1. The van der Waals surface area contributed by atoms with Gasteiger partial charge in [0.1, 0.15) is 0 Å². The van der Waals surface area contributed by atoms with Crippen LogP contribution >= 0.6 is 0 Å². The Bertz CT molecular complexity index is 622. The predicted octanol–water partition coefficient (Wildman–Crippen LogP) is 2.91. The van der Waals surface area contributed by atoms with Gasteiger partial charge in [0.25, 0.3) is 6.47 Å². The van der Waals surface area contributed by atoms with Crippen molar-refractivity contribution >= 4 is 6.47 Å². The van der Waals surface area contributed by atoms with Crippen LogP contribution in [0.3, 0.4) is 0 Å². The van der Waals surface area contributed by atoms with E-state index in [1.54, 1.807) is 6.07 Å². The quantitative estimate of drug-likeness (QED) is 0.765. The van der Waals surface area contributed by atoms with E-state index in [0.29, 0.717) is 29.3 Å². The molecule has 110 valence electrons. The molecule has 0 saturated heterocycles. The molecular formula is C16H16O5. The topological polar surface area (TPSA) is 54.0 Å². The lowest BCUT2D eigenvalue weighted by Gasteiger charge is -2.18.